The van der Waals surface area contributed by atoms with E-state index in [1.165, 1.54) is 0 Å². The molecule has 8 heteroatoms. The van der Waals surface area contributed by atoms with Crippen LogP contribution in [0.15, 0.2) is 48.7 Å². The van der Waals surface area contributed by atoms with Gasteiger partial charge in [-0.05, 0) is 67.0 Å². The summed E-state index contributed by atoms with van der Waals surface area (Å²) in [6, 6.07) is 13.4. The molecule has 1 saturated heterocycles. The number of rotatable bonds is 6. The van der Waals surface area contributed by atoms with Gasteiger partial charge in [-0.2, -0.15) is 5.10 Å². The molecule has 4 aromatic rings. The maximum Gasteiger partial charge on any atom is 0.253 e. The van der Waals surface area contributed by atoms with E-state index in [0.717, 1.165) is 52.5 Å². The number of carbonyl (C=O) groups excluding carboxylic acids is 1. The van der Waals surface area contributed by atoms with Gasteiger partial charge in [-0.1, -0.05) is 49.7 Å². The number of halogens is 2. The molecule has 1 aromatic heterocycles. The Labute approximate surface area is 220 Å². The molecule has 192 valence electrons. The number of para-hydroxylation sites is 1. The molecule has 3 N–H and O–H groups in total. The molecule has 0 bridgehead atoms. The van der Waals surface area contributed by atoms with Crippen molar-refractivity contribution in [1.29, 1.82) is 0 Å². The van der Waals surface area contributed by atoms with Crippen LogP contribution in [0.1, 0.15) is 66.7 Å². The topological polar surface area (TPSA) is 82.2 Å². The first-order valence-corrected chi connectivity index (χ1v) is 12.9. The predicted octanol–water partition coefficient (Wildman–Crippen LogP) is 7.47. The summed E-state index contributed by atoms with van der Waals surface area (Å²) in [7, 11) is 0. The van der Waals surface area contributed by atoms with Crippen molar-refractivity contribution in [3.05, 3.63) is 76.2 Å². The lowest BCUT2D eigenvalue weighted by atomic mass is 9.94. The highest BCUT2D eigenvalue weighted by Crippen LogP contribution is 2.42. The van der Waals surface area contributed by atoms with Gasteiger partial charge in [0.15, 0.2) is 12.0 Å². The molecule has 1 fully saturated rings. The molecule has 0 spiro atoms. The van der Waals surface area contributed by atoms with Crippen LogP contribution in [0.4, 0.5) is 15.8 Å². The number of hydrogen-bond donors (Lipinski definition) is 2. The van der Waals surface area contributed by atoms with Gasteiger partial charge in [0.25, 0.3) is 5.91 Å². The number of primary amides is 1. The third kappa shape index (κ3) is 4.58. The van der Waals surface area contributed by atoms with Crippen molar-refractivity contribution in [3.8, 4) is 11.1 Å². The fourth-order valence-electron chi connectivity index (χ4n) is 5.14. The minimum atomic E-state index is -0.896. The monoisotopic (exact) mass is 520 g/mol. The third-order valence-corrected chi connectivity index (χ3v) is 7.36. The zero-order valence-electron chi connectivity index (χ0n) is 21.1. The molecule has 0 radical (unpaired) electrons. The standard InChI is InChI=1S/C29H30ClFN4O2/c1-16(2)18-8-4-5-9-21(18)34-22-14-19(27(30)28(31)26(22)29(32)36)25-17(3)11-12-23-20(25)15-33-35(23)24-10-6-7-13-37-24/h4-5,8-9,11-12,14-16,24,34H,6-7,10,13H2,1-3H3,(H2,32,36). The lowest BCUT2D eigenvalue weighted by Gasteiger charge is -2.23. The molecule has 1 atom stereocenters. The Kier molecular flexibility index (Phi) is 6.92. The first-order chi connectivity index (χ1) is 17.8. The van der Waals surface area contributed by atoms with E-state index in [9.17, 15) is 4.79 Å². The fourth-order valence-corrected chi connectivity index (χ4v) is 5.38. The first-order valence-electron chi connectivity index (χ1n) is 12.5. The van der Waals surface area contributed by atoms with Crippen molar-refractivity contribution in [2.24, 2.45) is 5.73 Å². The molecule has 1 unspecified atom stereocenters. The highest BCUT2D eigenvalue weighted by atomic mass is 35.5. The van der Waals surface area contributed by atoms with Crippen LogP contribution in [-0.4, -0.2) is 22.3 Å². The van der Waals surface area contributed by atoms with Crippen molar-refractivity contribution in [1.82, 2.24) is 9.78 Å². The largest absolute Gasteiger partial charge is 0.365 e. The Morgan fingerprint density at radius 3 is 2.70 bits per heavy atom. The second-order valence-electron chi connectivity index (χ2n) is 9.81. The Bertz CT molecular complexity index is 1490. The van der Waals surface area contributed by atoms with Crippen LogP contribution in [0.2, 0.25) is 5.02 Å². The SMILES string of the molecule is Cc1ccc2c(cnn2C2CCCCO2)c1-c1cc(Nc2ccccc2C(C)C)c(C(N)=O)c(F)c1Cl. The van der Waals surface area contributed by atoms with Crippen LogP contribution in [0.3, 0.4) is 0 Å². The molecule has 1 amide bonds. The number of aromatic nitrogens is 2. The molecule has 37 heavy (non-hydrogen) atoms. The molecule has 6 nitrogen and oxygen atoms in total. The summed E-state index contributed by atoms with van der Waals surface area (Å²) in [6.45, 7) is 6.78. The van der Waals surface area contributed by atoms with Crippen molar-refractivity contribution in [2.45, 2.75) is 52.2 Å². The molecule has 2 heterocycles. The number of fused-ring (bicyclic) bond motifs is 1. The van der Waals surface area contributed by atoms with E-state index in [0.29, 0.717) is 12.2 Å². The van der Waals surface area contributed by atoms with Gasteiger partial charge in [0.2, 0.25) is 0 Å². The van der Waals surface area contributed by atoms with Gasteiger partial charge in [-0.15, -0.1) is 0 Å². The number of hydrogen-bond acceptors (Lipinski definition) is 4. The highest BCUT2D eigenvalue weighted by molar-refractivity contribution is 6.34. The normalized spacial score (nSPS) is 15.9. The number of nitrogens with zero attached hydrogens (tertiary/aromatic N) is 2. The average Bonchev–Trinajstić information content (AvgIpc) is 3.31. The Hall–Kier alpha value is -3.42. The van der Waals surface area contributed by atoms with Crippen molar-refractivity contribution >= 4 is 39.8 Å². The highest BCUT2D eigenvalue weighted by Gasteiger charge is 2.26. The van der Waals surface area contributed by atoms with Crippen LogP contribution in [0.25, 0.3) is 22.0 Å². The minimum absolute atomic E-state index is 0.143. The Balaban J connectivity index is 1.70. The number of nitrogens with two attached hydrogens (primary N) is 1. The van der Waals surface area contributed by atoms with E-state index in [2.05, 4.69) is 24.3 Å². The summed E-state index contributed by atoms with van der Waals surface area (Å²) in [5.74, 6) is -1.54. The maximum absolute atomic E-state index is 15.7. The summed E-state index contributed by atoms with van der Waals surface area (Å²) in [5.41, 5.74) is 10.4. The van der Waals surface area contributed by atoms with Crippen molar-refractivity contribution in [2.75, 3.05) is 11.9 Å². The molecule has 5 rings (SSSR count). The van der Waals surface area contributed by atoms with Gasteiger partial charge >= 0.3 is 0 Å². The second kappa shape index (κ2) is 10.1. The number of anilines is 2. The third-order valence-electron chi connectivity index (χ3n) is 6.99. The van der Waals surface area contributed by atoms with Crippen LogP contribution in [-0.2, 0) is 4.74 Å². The van der Waals surface area contributed by atoms with E-state index in [1.807, 2.05) is 48.0 Å². The number of carbonyl (C=O) groups is 1. The minimum Gasteiger partial charge on any atom is -0.365 e. The lowest BCUT2D eigenvalue weighted by Crippen LogP contribution is -2.18. The van der Waals surface area contributed by atoms with Crippen molar-refractivity contribution < 1.29 is 13.9 Å². The van der Waals surface area contributed by atoms with Gasteiger partial charge in [0, 0.05) is 23.2 Å². The number of ether oxygens (including phenoxy) is 1. The predicted molar refractivity (Wildman–Crippen MR) is 146 cm³/mol. The van der Waals surface area contributed by atoms with Crippen LogP contribution in [0, 0.1) is 12.7 Å². The van der Waals surface area contributed by atoms with E-state index in [4.69, 9.17) is 22.1 Å². The Morgan fingerprint density at radius 1 is 1.22 bits per heavy atom. The van der Waals surface area contributed by atoms with Crippen LogP contribution >= 0.6 is 11.6 Å². The zero-order valence-corrected chi connectivity index (χ0v) is 21.9. The number of nitrogens with one attached hydrogen (secondary N) is 1. The fraction of sp³-hybridized carbons (Fsp3) is 0.310. The average molecular weight is 521 g/mol. The quantitative estimate of drug-likeness (QED) is 0.276. The van der Waals surface area contributed by atoms with Crippen LogP contribution in [0.5, 0.6) is 0 Å². The molecule has 0 saturated carbocycles. The van der Waals surface area contributed by atoms with Crippen LogP contribution < -0.4 is 11.1 Å². The molecule has 3 aromatic carbocycles. The van der Waals surface area contributed by atoms with E-state index < -0.39 is 11.7 Å². The van der Waals surface area contributed by atoms with Gasteiger partial charge < -0.3 is 15.8 Å². The van der Waals surface area contributed by atoms with E-state index in [-0.39, 0.29) is 28.4 Å². The maximum atomic E-state index is 15.7. The molecular weight excluding hydrogens is 491 g/mol. The summed E-state index contributed by atoms with van der Waals surface area (Å²) in [6.07, 6.45) is 4.62. The molecule has 1 aliphatic heterocycles. The van der Waals surface area contributed by atoms with Crippen molar-refractivity contribution in [3.63, 3.8) is 0 Å². The number of amides is 1. The summed E-state index contributed by atoms with van der Waals surface area (Å²) in [5, 5.41) is 8.57. The summed E-state index contributed by atoms with van der Waals surface area (Å²) < 4.78 is 23.6. The smallest absolute Gasteiger partial charge is 0.253 e. The zero-order chi connectivity index (χ0) is 26.3. The molecule has 0 aliphatic carbocycles. The summed E-state index contributed by atoms with van der Waals surface area (Å²) in [4.78, 5) is 12.4. The lowest BCUT2D eigenvalue weighted by molar-refractivity contribution is -0.0366. The van der Waals surface area contributed by atoms with E-state index >= 15 is 4.39 Å². The Morgan fingerprint density at radius 2 is 2.00 bits per heavy atom. The van der Waals surface area contributed by atoms with Gasteiger partial charge in [-0.3, -0.25) is 4.79 Å². The van der Waals surface area contributed by atoms with E-state index in [1.54, 1.807) is 12.3 Å². The van der Waals surface area contributed by atoms with Gasteiger partial charge in [0.05, 0.1) is 28.0 Å². The second-order valence-corrected chi connectivity index (χ2v) is 10.2. The summed E-state index contributed by atoms with van der Waals surface area (Å²) >= 11 is 6.60. The molecule has 1 aliphatic rings. The van der Waals surface area contributed by atoms with Gasteiger partial charge in [-0.25, -0.2) is 9.07 Å². The van der Waals surface area contributed by atoms with Gasteiger partial charge in [0.1, 0.15) is 0 Å². The molecular formula is C29H30ClFN4O2. The first kappa shape index (κ1) is 25.2. The number of aryl methyl sites for hydroxylation is 1. The number of benzene rings is 3.